The second kappa shape index (κ2) is 5.53. The fourth-order valence-electron chi connectivity index (χ4n) is 1.33. The molecule has 2 aromatic heterocycles. The zero-order valence-electron chi connectivity index (χ0n) is 10.2. The number of ether oxygens (including phenoxy) is 1. The van der Waals surface area contributed by atoms with Crippen molar-refractivity contribution < 1.29 is 4.74 Å². The molecule has 2 aromatic rings. The van der Waals surface area contributed by atoms with Crippen molar-refractivity contribution in [1.29, 1.82) is 0 Å². The Morgan fingerprint density at radius 3 is 2.78 bits per heavy atom. The van der Waals surface area contributed by atoms with Gasteiger partial charge >= 0.3 is 6.01 Å². The van der Waals surface area contributed by atoms with Crippen LogP contribution in [-0.4, -0.2) is 31.3 Å². The van der Waals surface area contributed by atoms with Gasteiger partial charge in [-0.2, -0.15) is 20.1 Å². The molecule has 0 N–H and O–H groups in total. The molecule has 8 heteroatoms. The minimum absolute atomic E-state index is 0.120. The standard InChI is InChI=1S/C10H12ClN5OS/c1-4-17-9-12-8(11)13-10(14-9)18-7-5-6(2)15-16(7)3/h5H,4H2,1-3H3. The maximum atomic E-state index is 5.82. The highest BCUT2D eigenvalue weighted by atomic mass is 35.5. The van der Waals surface area contributed by atoms with E-state index in [1.54, 1.807) is 4.68 Å². The normalized spacial score (nSPS) is 10.7. The Hall–Kier alpha value is -1.34. The highest BCUT2D eigenvalue weighted by Gasteiger charge is 2.10. The number of halogens is 1. The molecule has 2 rings (SSSR count). The van der Waals surface area contributed by atoms with Gasteiger partial charge in [0.15, 0.2) is 0 Å². The van der Waals surface area contributed by atoms with Crippen LogP contribution in [0.4, 0.5) is 0 Å². The maximum Gasteiger partial charge on any atom is 0.321 e. The Morgan fingerprint density at radius 1 is 1.39 bits per heavy atom. The van der Waals surface area contributed by atoms with Crippen molar-refractivity contribution in [1.82, 2.24) is 24.7 Å². The summed E-state index contributed by atoms with van der Waals surface area (Å²) in [5.41, 5.74) is 0.935. The van der Waals surface area contributed by atoms with Crippen LogP contribution in [0.2, 0.25) is 5.28 Å². The average molecular weight is 286 g/mol. The Bertz CT molecular complexity index is 559. The van der Waals surface area contributed by atoms with Gasteiger partial charge in [0.2, 0.25) is 10.4 Å². The van der Waals surface area contributed by atoms with Crippen LogP contribution in [0.5, 0.6) is 6.01 Å². The largest absolute Gasteiger partial charge is 0.464 e. The van der Waals surface area contributed by atoms with Crippen molar-refractivity contribution in [2.24, 2.45) is 7.05 Å². The lowest BCUT2D eigenvalue weighted by Crippen LogP contribution is -2.01. The Kier molecular flexibility index (Phi) is 4.03. The molecule has 0 saturated heterocycles. The molecular formula is C10H12ClN5OS. The van der Waals surface area contributed by atoms with Crippen LogP contribution < -0.4 is 4.74 Å². The average Bonchev–Trinajstić information content (AvgIpc) is 2.57. The van der Waals surface area contributed by atoms with Gasteiger partial charge in [0.25, 0.3) is 0 Å². The van der Waals surface area contributed by atoms with E-state index in [-0.39, 0.29) is 11.3 Å². The molecule has 0 bridgehead atoms. The summed E-state index contributed by atoms with van der Waals surface area (Å²) < 4.78 is 6.98. The Labute approximate surface area is 114 Å². The van der Waals surface area contributed by atoms with Gasteiger partial charge in [0, 0.05) is 7.05 Å². The third-order valence-electron chi connectivity index (χ3n) is 2.00. The predicted octanol–water partition coefficient (Wildman–Crippen LogP) is 2.12. The maximum absolute atomic E-state index is 5.82. The third kappa shape index (κ3) is 3.11. The van der Waals surface area contributed by atoms with Crippen LogP contribution in [0.15, 0.2) is 16.2 Å². The number of nitrogens with zero attached hydrogens (tertiary/aromatic N) is 5. The quantitative estimate of drug-likeness (QED) is 0.857. The summed E-state index contributed by atoms with van der Waals surface area (Å²) >= 11 is 7.18. The SMILES string of the molecule is CCOc1nc(Cl)nc(Sc2cc(C)nn2C)n1. The molecule has 0 aromatic carbocycles. The van der Waals surface area contributed by atoms with E-state index < -0.39 is 0 Å². The van der Waals surface area contributed by atoms with Gasteiger partial charge in [-0.25, -0.2) is 0 Å². The minimum Gasteiger partial charge on any atom is -0.464 e. The minimum atomic E-state index is 0.120. The smallest absolute Gasteiger partial charge is 0.321 e. The zero-order chi connectivity index (χ0) is 13.1. The Balaban J connectivity index is 2.25. The summed E-state index contributed by atoms with van der Waals surface area (Å²) in [7, 11) is 1.86. The summed E-state index contributed by atoms with van der Waals surface area (Å²) in [4.78, 5) is 12.1. The molecule has 0 fully saturated rings. The van der Waals surface area contributed by atoms with Crippen molar-refractivity contribution in [3.63, 3.8) is 0 Å². The highest BCUT2D eigenvalue weighted by molar-refractivity contribution is 7.99. The lowest BCUT2D eigenvalue weighted by molar-refractivity contribution is 0.307. The van der Waals surface area contributed by atoms with Crippen LogP contribution in [0, 0.1) is 6.92 Å². The first-order valence-electron chi connectivity index (χ1n) is 5.31. The van der Waals surface area contributed by atoms with Crippen molar-refractivity contribution in [2.75, 3.05) is 6.61 Å². The monoisotopic (exact) mass is 285 g/mol. The summed E-state index contributed by atoms with van der Waals surface area (Å²) in [5.74, 6) is 0. The van der Waals surface area contributed by atoms with Crippen LogP contribution in [-0.2, 0) is 7.05 Å². The molecular weight excluding hydrogens is 274 g/mol. The first-order chi connectivity index (χ1) is 8.58. The van der Waals surface area contributed by atoms with Crippen molar-refractivity contribution in [2.45, 2.75) is 24.0 Å². The van der Waals surface area contributed by atoms with Crippen LogP contribution in [0.3, 0.4) is 0 Å². The molecule has 6 nitrogen and oxygen atoms in total. The number of hydrogen-bond donors (Lipinski definition) is 0. The van der Waals surface area contributed by atoms with Gasteiger partial charge in [-0.05, 0) is 43.3 Å². The molecule has 0 aliphatic rings. The number of aryl methyl sites for hydroxylation is 2. The molecule has 0 aliphatic heterocycles. The molecule has 0 aliphatic carbocycles. The third-order valence-corrected chi connectivity index (χ3v) is 3.12. The summed E-state index contributed by atoms with van der Waals surface area (Å²) in [6, 6.07) is 2.18. The first kappa shape index (κ1) is 13.1. The van der Waals surface area contributed by atoms with Gasteiger partial charge < -0.3 is 4.74 Å². The van der Waals surface area contributed by atoms with Gasteiger partial charge in [0.1, 0.15) is 5.03 Å². The first-order valence-corrected chi connectivity index (χ1v) is 6.51. The fourth-order valence-corrected chi connectivity index (χ4v) is 2.38. The van der Waals surface area contributed by atoms with E-state index in [2.05, 4.69) is 20.1 Å². The second-order valence-corrected chi connectivity index (χ2v) is 4.78. The fraction of sp³-hybridized carbons (Fsp3) is 0.400. The van der Waals surface area contributed by atoms with Gasteiger partial charge in [-0.1, -0.05) is 0 Å². The highest BCUT2D eigenvalue weighted by Crippen LogP contribution is 2.26. The van der Waals surface area contributed by atoms with E-state index >= 15 is 0 Å². The summed E-state index contributed by atoms with van der Waals surface area (Å²) in [6.45, 7) is 4.26. The zero-order valence-corrected chi connectivity index (χ0v) is 11.8. The predicted molar refractivity (Wildman–Crippen MR) is 68.1 cm³/mol. The second-order valence-electron chi connectivity index (χ2n) is 3.45. The van der Waals surface area contributed by atoms with Gasteiger partial charge in [0.05, 0.1) is 12.3 Å². The molecule has 0 atom stereocenters. The summed E-state index contributed by atoms with van der Waals surface area (Å²) in [6.07, 6.45) is 0. The van der Waals surface area contributed by atoms with E-state index in [9.17, 15) is 0 Å². The lowest BCUT2D eigenvalue weighted by atomic mass is 10.5. The molecule has 18 heavy (non-hydrogen) atoms. The van der Waals surface area contributed by atoms with E-state index in [1.807, 2.05) is 27.0 Å². The number of aromatic nitrogens is 5. The topological polar surface area (TPSA) is 65.7 Å². The van der Waals surface area contributed by atoms with Gasteiger partial charge in [-0.15, -0.1) is 0 Å². The number of hydrogen-bond acceptors (Lipinski definition) is 6. The Morgan fingerprint density at radius 2 is 2.17 bits per heavy atom. The van der Waals surface area contributed by atoms with Gasteiger partial charge in [-0.3, -0.25) is 4.68 Å². The van der Waals surface area contributed by atoms with E-state index in [1.165, 1.54) is 11.8 Å². The molecule has 0 saturated carbocycles. The van der Waals surface area contributed by atoms with Crippen molar-refractivity contribution in [3.8, 4) is 6.01 Å². The number of rotatable bonds is 4. The molecule has 0 radical (unpaired) electrons. The van der Waals surface area contributed by atoms with E-state index in [0.29, 0.717) is 11.8 Å². The van der Waals surface area contributed by atoms with Crippen molar-refractivity contribution in [3.05, 3.63) is 17.0 Å². The van der Waals surface area contributed by atoms with Crippen LogP contribution >= 0.6 is 23.4 Å². The van der Waals surface area contributed by atoms with E-state index in [4.69, 9.17) is 16.3 Å². The van der Waals surface area contributed by atoms with E-state index in [0.717, 1.165) is 10.7 Å². The molecule has 96 valence electrons. The van der Waals surface area contributed by atoms with Crippen LogP contribution in [0.25, 0.3) is 0 Å². The van der Waals surface area contributed by atoms with Crippen molar-refractivity contribution >= 4 is 23.4 Å². The lowest BCUT2D eigenvalue weighted by Gasteiger charge is -2.03. The van der Waals surface area contributed by atoms with Crippen LogP contribution in [0.1, 0.15) is 12.6 Å². The molecule has 0 amide bonds. The molecule has 2 heterocycles. The molecule has 0 unspecified atom stereocenters. The molecule has 0 spiro atoms. The summed E-state index contributed by atoms with van der Waals surface area (Å²) in [5, 5.41) is 5.78.